The highest BCUT2D eigenvalue weighted by Crippen LogP contribution is 2.35. The summed E-state index contributed by atoms with van der Waals surface area (Å²) in [4.78, 5) is 0. The third kappa shape index (κ3) is 2.95. The van der Waals surface area contributed by atoms with Gasteiger partial charge in [-0.3, -0.25) is 0 Å². The maximum Gasteiger partial charge on any atom is 0.125 e. The van der Waals surface area contributed by atoms with Crippen LogP contribution in [0.4, 0.5) is 0 Å². The van der Waals surface area contributed by atoms with Crippen molar-refractivity contribution < 1.29 is 9.47 Å². The summed E-state index contributed by atoms with van der Waals surface area (Å²) in [5.74, 6) is 1.56. The van der Waals surface area contributed by atoms with Crippen LogP contribution >= 0.6 is 11.6 Å². The van der Waals surface area contributed by atoms with Gasteiger partial charge in [0.2, 0.25) is 0 Å². The Morgan fingerprint density at radius 3 is 3.10 bits per heavy atom. The molecule has 0 amide bonds. The molecule has 1 saturated heterocycles. The largest absolute Gasteiger partial charge is 0.493 e. The van der Waals surface area contributed by atoms with Gasteiger partial charge in [0.15, 0.2) is 0 Å². The van der Waals surface area contributed by atoms with E-state index in [4.69, 9.17) is 21.1 Å². The molecule has 2 aliphatic heterocycles. The Hall–Kier alpha value is -0.770. The van der Waals surface area contributed by atoms with Crippen LogP contribution in [0.1, 0.15) is 24.5 Å². The van der Waals surface area contributed by atoms with Crippen molar-refractivity contribution in [2.24, 2.45) is 5.92 Å². The number of ether oxygens (including phenoxy) is 2. The highest BCUT2D eigenvalue weighted by molar-refractivity contribution is 6.30. The fourth-order valence-electron chi connectivity index (χ4n) is 3.31. The van der Waals surface area contributed by atoms with E-state index in [1.54, 1.807) is 0 Å². The number of benzene rings is 1. The lowest BCUT2D eigenvalue weighted by Gasteiger charge is -2.32. The molecular formula is C16H22ClNO2. The van der Waals surface area contributed by atoms with Gasteiger partial charge < -0.3 is 14.8 Å². The SMILES string of the molecule is CCNC1CCOCC1Cc1cc(Cl)cc2c1OCC2. The van der Waals surface area contributed by atoms with Crippen molar-refractivity contribution in [2.75, 3.05) is 26.4 Å². The molecule has 1 aromatic carbocycles. The first kappa shape index (κ1) is 14.2. The number of fused-ring (bicyclic) bond motifs is 1. The van der Waals surface area contributed by atoms with E-state index in [0.717, 1.165) is 56.4 Å². The van der Waals surface area contributed by atoms with E-state index in [1.165, 1.54) is 11.1 Å². The molecule has 1 aromatic rings. The van der Waals surface area contributed by atoms with E-state index in [9.17, 15) is 0 Å². The van der Waals surface area contributed by atoms with Crippen LogP contribution in [0.5, 0.6) is 5.75 Å². The fourth-order valence-corrected chi connectivity index (χ4v) is 3.57. The van der Waals surface area contributed by atoms with E-state index >= 15 is 0 Å². The third-order valence-electron chi connectivity index (χ3n) is 4.25. The minimum atomic E-state index is 0.496. The molecule has 3 nitrogen and oxygen atoms in total. The number of halogens is 1. The molecule has 0 spiro atoms. The lowest BCUT2D eigenvalue weighted by molar-refractivity contribution is 0.0325. The molecule has 2 heterocycles. The Kier molecular flexibility index (Phi) is 4.49. The van der Waals surface area contributed by atoms with Crippen LogP contribution in [-0.2, 0) is 17.6 Å². The van der Waals surface area contributed by atoms with Crippen molar-refractivity contribution in [3.8, 4) is 5.75 Å². The second kappa shape index (κ2) is 6.33. The van der Waals surface area contributed by atoms with E-state index in [-0.39, 0.29) is 0 Å². The van der Waals surface area contributed by atoms with Gasteiger partial charge in [0, 0.05) is 30.0 Å². The van der Waals surface area contributed by atoms with Crippen molar-refractivity contribution in [2.45, 2.75) is 32.2 Å². The van der Waals surface area contributed by atoms with Crippen molar-refractivity contribution in [1.29, 1.82) is 0 Å². The molecule has 4 heteroatoms. The van der Waals surface area contributed by atoms with Gasteiger partial charge in [-0.2, -0.15) is 0 Å². The Bertz CT molecular complexity index is 476. The van der Waals surface area contributed by atoms with E-state index in [1.807, 2.05) is 6.07 Å². The fraction of sp³-hybridized carbons (Fsp3) is 0.625. The summed E-state index contributed by atoms with van der Waals surface area (Å²) in [7, 11) is 0. The van der Waals surface area contributed by atoms with Crippen LogP contribution in [0.3, 0.4) is 0 Å². The van der Waals surface area contributed by atoms with Crippen molar-refractivity contribution in [1.82, 2.24) is 5.32 Å². The zero-order valence-electron chi connectivity index (χ0n) is 12.0. The minimum Gasteiger partial charge on any atom is -0.493 e. The first-order chi connectivity index (χ1) is 9.78. The molecule has 2 aliphatic rings. The van der Waals surface area contributed by atoms with E-state index < -0.39 is 0 Å². The van der Waals surface area contributed by atoms with Crippen LogP contribution in [0.15, 0.2) is 12.1 Å². The summed E-state index contributed by atoms with van der Waals surface area (Å²) in [5.41, 5.74) is 2.49. The second-order valence-corrected chi connectivity index (χ2v) is 6.08. The summed E-state index contributed by atoms with van der Waals surface area (Å²) in [6, 6.07) is 4.63. The molecule has 0 aliphatic carbocycles. The molecule has 1 fully saturated rings. The Labute approximate surface area is 125 Å². The van der Waals surface area contributed by atoms with Gasteiger partial charge in [-0.1, -0.05) is 18.5 Å². The molecule has 2 atom stereocenters. The van der Waals surface area contributed by atoms with Crippen molar-refractivity contribution >= 4 is 11.6 Å². The van der Waals surface area contributed by atoms with E-state index in [0.29, 0.717) is 12.0 Å². The summed E-state index contributed by atoms with van der Waals surface area (Å²) in [5, 5.41) is 4.40. The zero-order chi connectivity index (χ0) is 13.9. The summed E-state index contributed by atoms with van der Waals surface area (Å²) >= 11 is 6.24. The molecule has 0 radical (unpaired) electrons. The molecule has 0 saturated carbocycles. The van der Waals surface area contributed by atoms with Gasteiger partial charge in [-0.15, -0.1) is 0 Å². The maximum absolute atomic E-state index is 6.24. The number of nitrogens with one attached hydrogen (secondary N) is 1. The average Bonchev–Trinajstić information content (AvgIpc) is 2.89. The molecule has 0 bridgehead atoms. The predicted octanol–water partition coefficient (Wildman–Crippen LogP) is 2.83. The van der Waals surface area contributed by atoms with E-state index in [2.05, 4.69) is 18.3 Å². The normalized spacial score (nSPS) is 25.3. The van der Waals surface area contributed by atoms with Crippen LogP contribution in [-0.4, -0.2) is 32.4 Å². The second-order valence-electron chi connectivity index (χ2n) is 5.64. The van der Waals surface area contributed by atoms with Gasteiger partial charge in [0.05, 0.1) is 13.2 Å². The van der Waals surface area contributed by atoms with Gasteiger partial charge >= 0.3 is 0 Å². The monoisotopic (exact) mass is 295 g/mol. The summed E-state index contributed by atoms with van der Waals surface area (Å²) in [6.45, 7) is 5.62. The van der Waals surface area contributed by atoms with Crippen LogP contribution < -0.4 is 10.1 Å². The highest BCUT2D eigenvalue weighted by atomic mass is 35.5. The molecule has 20 heavy (non-hydrogen) atoms. The standard InChI is InChI=1S/C16H22ClNO2/c1-2-18-15-4-5-19-10-13(15)7-12-9-14(17)8-11-3-6-20-16(11)12/h8-9,13,15,18H,2-7,10H2,1H3. The number of rotatable bonds is 4. The summed E-state index contributed by atoms with van der Waals surface area (Å²) in [6.07, 6.45) is 3.03. The highest BCUT2D eigenvalue weighted by Gasteiger charge is 2.27. The van der Waals surface area contributed by atoms with Crippen LogP contribution in [0.2, 0.25) is 5.02 Å². The molecule has 2 unspecified atom stereocenters. The van der Waals surface area contributed by atoms with Gasteiger partial charge in [0.1, 0.15) is 5.75 Å². The smallest absolute Gasteiger partial charge is 0.125 e. The predicted molar refractivity (Wildman–Crippen MR) is 80.7 cm³/mol. The number of hydrogen-bond donors (Lipinski definition) is 1. The lowest BCUT2D eigenvalue weighted by atomic mass is 9.88. The van der Waals surface area contributed by atoms with Crippen molar-refractivity contribution in [3.05, 3.63) is 28.3 Å². The van der Waals surface area contributed by atoms with Crippen molar-refractivity contribution in [3.63, 3.8) is 0 Å². The Morgan fingerprint density at radius 1 is 1.35 bits per heavy atom. The summed E-state index contributed by atoms with van der Waals surface area (Å²) < 4.78 is 11.5. The minimum absolute atomic E-state index is 0.496. The molecule has 3 rings (SSSR count). The quantitative estimate of drug-likeness (QED) is 0.926. The van der Waals surface area contributed by atoms with Gasteiger partial charge in [-0.25, -0.2) is 0 Å². The first-order valence-corrected chi connectivity index (χ1v) is 7.91. The Morgan fingerprint density at radius 2 is 2.25 bits per heavy atom. The molecular weight excluding hydrogens is 274 g/mol. The molecule has 0 aromatic heterocycles. The Balaban J connectivity index is 1.79. The first-order valence-electron chi connectivity index (χ1n) is 7.53. The van der Waals surface area contributed by atoms with Gasteiger partial charge in [-0.05, 0) is 42.6 Å². The molecule has 1 N–H and O–H groups in total. The topological polar surface area (TPSA) is 30.5 Å². The third-order valence-corrected chi connectivity index (χ3v) is 4.47. The van der Waals surface area contributed by atoms with Crippen LogP contribution in [0.25, 0.3) is 0 Å². The average molecular weight is 296 g/mol. The zero-order valence-corrected chi connectivity index (χ0v) is 12.7. The number of hydrogen-bond acceptors (Lipinski definition) is 3. The van der Waals surface area contributed by atoms with Gasteiger partial charge in [0.25, 0.3) is 0 Å². The maximum atomic E-state index is 6.24. The molecule has 110 valence electrons. The van der Waals surface area contributed by atoms with Crippen LogP contribution in [0, 0.1) is 5.92 Å². The lowest BCUT2D eigenvalue weighted by Crippen LogP contribution is -2.43.